The van der Waals surface area contributed by atoms with Crippen molar-refractivity contribution >= 4 is 12.4 Å². The Morgan fingerprint density at radius 1 is 1.64 bits per heavy atom. The van der Waals surface area contributed by atoms with Crippen molar-refractivity contribution < 1.29 is 9.94 Å². The summed E-state index contributed by atoms with van der Waals surface area (Å²) in [6.07, 6.45) is 3.01. The highest BCUT2D eigenvalue weighted by molar-refractivity contribution is 5.85. The predicted octanol–water partition coefficient (Wildman–Crippen LogP) is -0.220. The number of rotatable bonds is 0. The van der Waals surface area contributed by atoms with Gasteiger partial charge in [-0.05, 0) is 0 Å². The van der Waals surface area contributed by atoms with Gasteiger partial charge in [-0.15, -0.1) is 12.4 Å². The quantitative estimate of drug-likeness (QED) is 0.328. The topological polar surface area (TPSA) is 86.1 Å². The molecule has 0 aliphatic rings. The predicted molar refractivity (Wildman–Crippen MR) is 41.2 cm³/mol. The molecule has 0 atom stereocenters. The van der Waals surface area contributed by atoms with Crippen LogP contribution in [-0.4, -0.2) is 10.2 Å². The molecule has 1 rings (SSSR count). The molecule has 1 aromatic rings. The Balaban J connectivity index is 0. The highest BCUT2D eigenvalue weighted by atomic mass is 35.5. The van der Waals surface area contributed by atoms with Crippen LogP contribution in [0.25, 0.3) is 0 Å². The molecule has 64 valence electrons. The van der Waals surface area contributed by atoms with Gasteiger partial charge < -0.3 is 10.4 Å². The van der Waals surface area contributed by atoms with E-state index in [4.69, 9.17) is 5.21 Å². The first-order valence-corrected chi connectivity index (χ1v) is 2.57. The van der Waals surface area contributed by atoms with Gasteiger partial charge in [0.25, 0.3) is 5.82 Å². The first-order chi connectivity index (χ1) is 4.80. The van der Waals surface area contributed by atoms with Crippen LogP contribution in [-0.2, 0) is 0 Å². The number of hydrogen-bond acceptors (Lipinski definition) is 4. The molecule has 0 bridgehead atoms. The molecule has 0 aliphatic heterocycles. The zero-order chi connectivity index (χ0) is 7.98. The molecule has 0 amide bonds. The van der Waals surface area contributed by atoms with E-state index in [-0.39, 0.29) is 12.4 Å². The Kier molecular flexibility index (Phi) is 8.34. The molecule has 5 nitrogen and oxygen atoms in total. The second-order valence-corrected chi connectivity index (χ2v) is 1.49. The average molecular weight is 180 g/mol. The molecule has 0 spiro atoms. The number of aromatic nitrogens is 2. The minimum Gasteiger partial charge on any atom is -0.711 e. The maximum atomic E-state index is 10.5. The second kappa shape index (κ2) is 7.20. The van der Waals surface area contributed by atoms with E-state index < -0.39 is 0 Å². The monoisotopic (exact) mass is 179 g/mol. The van der Waals surface area contributed by atoms with Crippen molar-refractivity contribution in [2.75, 3.05) is 0 Å². The number of aryl methyl sites for hydroxylation is 1. The van der Waals surface area contributed by atoms with Crippen LogP contribution >= 0.6 is 12.4 Å². The third kappa shape index (κ3) is 4.49. The van der Waals surface area contributed by atoms with Gasteiger partial charge in [-0.1, -0.05) is 4.98 Å². The lowest BCUT2D eigenvalue weighted by Crippen LogP contribution is -2.29. The molecule has 0 fully saturated rings. The molecular weight excluding hydrogens is 170 g/mol. The molecule has 1 heterocycles. The first-order valence-electron chi connectivity index (χ1n) is 2.57. The molecule has 0 radical (unpaired) electrons. The van der Waals surface area contributed by atoms with E-state index in [1.807, 2.05) is 0 Å². The fourth-order valence-electron chi connectivity index (χ4n) is 0.432. The first kappa shape index (κ1) is 12.7. The zero-order valence-electron chi connectivity index (χ0n) is 5.97. The number of nitrogens with zero attached hydrogens (tertiary/aromatic N) is 2. The lowest BCUT2D eigenvalue weighted by molar-refractivity contribution is -0.616. The van der Waals surface area contributed by atoms with Gasteiger partial charge in [0.1, 0.15) is 6.20 Å². The van der Waals surface area contributed by atoms with Crippen LogP contribution in [0.1, 0.15) is 5.82 Å². The van der Waals surface area contributed by atoms with Gasteiger partial charge in [0.2, 0.25) is 0 Å². The minimum absolute atomic E-state index is 0. The summed E-state index contributed by atoms with van der Waals surface area (Å²) in [7, 11) is 0. The van der Waals surface area contributed by atoms with Gasteiger partial charge in [-0.25, -0.2) is 10.6 Å². The summed E-state index contributed by atoms with van der Waals surface area (Å²) in [4.78, 5) is 3.73. The van der Waals surface area contributed by atoms with Crippen molar-refractivity contribution in [3.05, 3.63) is 29.5 Å². The fourth-order valence-corrected chi connectivity index (χ4v) is 0.432. The fraction of sp³-hybridized carbons (Fsp3) is 0.200. The molecule has 0 saturated carbocycles. The normalized spacial score (nSPS) is 7.18. The van der Waals surface area contributed by atoms with Crippen molar-refractivity contribution in [1.29, 1.82) is 0 Å². The highest BCUT2D eigenvalue weighted by Gasteiger charge is 1.91. The van der Waals surface area contributed by atoms with Crippen LogP contribution in [0, 0.1) is 12.1 Å². The van der Waals surface area contributed by atoms with Gasteiger partial charge in [0.05, 0.1) is 6.20 Å². The van der Waals surface area contributed by atoms with Crippen LogP contribution in [0.5, 0.6) is 0 Å². The number of nitrogens with two attached hydrogens (primary N) is 1. The number of hydrogen-bond donors (Lipinski definition) is 2. The Morgan fingerprint density at radius 2 is 2.18 bits per heavy atom. The van der Waals surface area contributed by atoms with Gasteiger partial charge in [0, 0.05) is 13.0 Å². The average Bonchev–Trinajstić information content (AvgIpc) is 2.00. The third-order valence-electron chi connectivity index (χ3n) is 0.888. The van der Waals surface area contributed by atoms with Crippen LogP contribution in [0.4, 0.5) is 0 Å². The standard InChI is InChI=1S/C5H6N2O.ClH.H3NO/c1-5-6-3-2-4-7(5)8;;1-2/h2-4H,1H3;1H;2H,1H2. The summed E-state index contributed by atoms with van der Waals surface area (Å²) >= 11 is 0. The maximum absolute atomic E-state index is 10.5. The van der Waals surface area contributed by atoms with E-state index in [0.29, 0.717) is 5.82 Å². The van der Waals surface area contributed by atoms with E-state index in [9.17, 15) is 5.21 Å². The molecular formula is C5H10ClN3O2. The second-order valence-electron chi connectivity index (χ2n) is 1.49. The van der Waals surface area contributed by atoms with Crippen LogP contribution in [0.3, 0.4) is 0 Å². The molecule has 0 aliphatic carbocycles. The van der Waals surface area contributed by atoms with Crippen molar-refractivity contribution in [3.8, 4) is 0 Å². The van der Waals surface area contributed by atoms with Crippen molar-refractivity contribution in [2.24, 2.45) is 5.90 Å². The minimum atomic E-state index is 0. The molecule has 6 heteroatoms. The molecule has 0 unspecified atom stereocenters. The Bertz CT molecular complexity index is 176. The molecule has 1 aromatic heterocycles. The van der Waals surface area contributed by atoms with Gasteiger partial charge in [-0.2, -0.15) is 0 Å². The van der Waals surface area contributed by atoms with E-state index in [0.717, 1.165) is 4.73 Å². The largest absolute Gasteiger partial charge is 0.711 e. The van der Waals surface area contributed by atoms with E-state index in [2.05, 4.69) is 10.9 Å². The summed E-state index contributed by atoms with van der Waals surface area (Å²) in [6.45, 7) is 1.66. The van der Waals surface area contributed by atoms with Gasteiger partial charge in [0.15, 0.2) is 0 Å². The van der Waals surface area contributed by atoms with Crippen molar-refractivity contribution in [2.45, 2.75) is 6.92 Å². The third-order valence-corrected chi connectivity index (χ3v) is 0.888. The van der Waals surface area contributed by atoms with Crippen molar-refractivity contribution in [3.63, 3.8) is 0 Å². The van der Waals surface area contributed by atoms with E-state index in [1.165, 1.54) is 6.20 Å². The Morgan fingerprint density at radius 3 is 2.45 bits per heavy atom. The van der Waals surface area contributed by atoms with Gasteiger partial charge in [-0.3, -0.25) is 0 Å². The summed E-state index contributed by atoms with van der Waals surface area (Å²) in [6, 6.07) is 1.60. The van der Waals surface area contributed by atoms with Crippen LogP contribution in [0.2, 0.25) is 0 Å². The smallest absolute Gasteiger partial charge is 0.298 e. The summed E-state index contributed by atoms with van der Waals surface area (Å²) in [5.74, 6) is 3.98. The summed E-state index contributed by atoms with van der Waals surface area (Å²) in [5, 5.41) is 17.0. The molecule has 11 heavy (non-hydrogen) atoms. The number of halogens is 1. The molecule has 3 N–H and O–H groups in total. The van der Waals surface area contributed by atoms with Gasteiger partial charge >= 0.3 is 0 Å². The maximum Gasteiger partial charge on any atom is 0.298 e. The van der Waals surface area contributed by atoms with E-state index in [1.54, 1.807) is 19.2 Å². The van der Waals surface area contributed by atoms with Crippen LogP contribution < -0.4 is 10.6 Å². The lowest BCUT2D eigenvalue weighted by Gasteiger charge is -1.98. The lowest BCUT2D eigenvalue weighted by atomic mass is 10.6. The van der Waals surface area contributed by atoms with Crippen molar-refractivity contribution in [1.82, 2.24) is 4.98 Å². The molecule has 0 saturated heterocycles. The van der Waals surface area contributed by atoms with Crippen LogP contribution in [0.15, 0.2) is 18.5 Å². The zero-order valence-corrected chi connectivity index (χ0v) is 6.78. The van der Waals surface area contributed by atoms with E-state index >= 15 is 0 Å². The SMILES string of the molecule is Cc1nccc[n+]1[O-].Cl.NO. The summed E-state index contributed by atoms with van der Waals surface area (Å²) in [5.41, 5.74) is 0. The Labute approximate surface area is 70.4 Å². The molecule has 0 aromatic carbocycles. The summed E-state index contributed by atoms with van der Waals surface area (Å²) < 4.78 is 0.722. The highest BCUT2D eigenvalue weighted by Crippen LogP contribution is 1.76. The Hall–Kier alpha value is -0.910.